The van der Waals surface area contributed by atoms with Crippen molar-refractivity contribution in [2.45, 2.75) is 32.6 Å². The van der Waals surface area contributed by atoms with Gasteiger partial charge in [-0.2, -0.15) is 0 Å². The highest BCUT2D eigenvalue weighted by atomic mass is 32.1. The molecule has 0 aliphatic heterocycles. The fourth-order valence-corrected chi connectivity index (χ4v) is 4.32. The molecule has 0 fully saturated rings. The lowest BCUT2D eigenvalue weighted by atomic mass is 9.99. The minimum atomic E-state index is -0.123. The van der Waals surface area contributed by atoms with Gasteiger partial charge in [-0.25, -0.2) is 4.98 Å². The number of hydrogen-bond acceptors (Lipinski definition) is 4. The molecule has 1 heterocycles. The zero-order valence-corrected chi connectivity index (χ0v) is 18.5. The van der Waals surface area contributed by atoms with E-state index in [1.54, 1.807) is 0 Å². The Kier molecular flexibility index (Phi) is 6.95. The molecule has 1 N–H and O–H groups in total. The monoisotopic (exact) mass is 430 g/mol. The van der Waals surface area contributed by atoms with Crippen LogP contribution in [-0.2, 0) is 12.8 Å². The molecule has 0 radical (unpaired) electrons. The predicted molar refractivity (Wildman–Crippen MR) is 128 cm³/mol. The maximum Gasteiger partial charge on any atom is 0.257 e. The molecule has 158 valence electrons. The number of carbonyl (C=O) groups excluding carboxylic acids is 1. The van der Waals surface area contributed by atoms with Crippen LogP contribution in [0.1, 0.15) is 41.3 Å². The maximum absolute atomic E-state index is 13.0. The summed E-state index contributed by atoms with van der Waals surface area (Å²) in [7, 11) is 0. The average molecular weight is 431 g/mol. The molecule has 0 aliphatic rings. The van der Waals surface area contributed by atoms with Gasteiger partial charge in [-0.1, -0.05) is 73.2 Å². The number of nitrogens with one attached hydrogen (secondary N) is 1. The SMILES string of the molecule is CCCCOc1ccc2nc(NC(=O)c3ccccc3CCc3ccccc3)sc2c1. The number of anilines is 1. The molecule has 0 saturated carbocycles. The van der Waals surface area contributed by atoms with Crippen LogP contribution in [0.3, 0.4) is 0 Å². The Labute approximate surface area is 186 Å². The molecule has 4 rings (SSSR count). The second kappa shape index (κ2) is 10.2. The van der Waals surface area contributed by atoms with Crippen molar-refractivity contribution in [3.05, 3.63) is 89.5 Å². The Morgan fingerprint density at radius 3 is 2.65 bits per heavy atom. The predicted octanol–water partition coefficient (Wildman–Crippen LogP) is 6.51. The highest BCUT2D eigenvalue weighted by molar-refractivity contribution is 7.22. The van der Waals surface area contributed by atoms with Crippen LogP contribution in [0, 0.1) is 0 Å². The first kappa shape index (κ1) is 21.1. The van der Waals surface area contributed by atoms with Gasteiger partial charge in [-0.3, -0.25) is 10.1 Å². The number of hydrogen-bond donors (Lipinski definition) is 1. The van der Waals surface area contributed by atoms with E-state index < -0.39 is 0 Å². The van der Waals surface area contributed by atoms with Crippen LogP contribution in [0.15, 0.2) is 72.8 Å². The van der Waals surface area contributed by atoms with Crippen LogP contribution in [0.4, 0.5) is 5.13 Å². The number of nitrogens with zero attached hydrogens (tertiary/aromatic N) is 1. The quantitative estimate of drug-likeness (QED) is 0.308. The average Bonchev–Trinajstić information content (AvgIpc) is 3.20. The third kappa shape index (κ3) is 5.50. The molecule has 0 atom stereocenters. The molecule has 5 heteroatoms. The maximum atomic E-state index is 13.0. The second-order valence-electron chi connectivity index (χ2n) is 7.45. The summed E-state index contributed by atoms with van der Waals surface area (Å²) in [5.41, 5.74) is 3.86. The zero-order chi connectivity index (χ0) is 21.5. The number of benzene rings is 3. The smallest absolute Gasteiger partial charge is 0.257 e. The molecular weight excluding hydrogens is 404 g/mol. The van der Waals surface area contributed by atoms with Crippen molar-refractivity contribution in [2.24, 2.45) is 0 Å². The summed E-state index contributed by atoms with van der Waals surface area (Å²) in [6.45, 7) is 2.86. The molecule has 1 amide bonds. The standard InChI is InChI=1S/C26H26N2O2S/c1-2-3-17-30-21-15-16-23-24(18-21)31-26(27-23)28-25(29)22-12-8-7-11-20(22)14-13-19-9-5-4-6-10-19/h4-12,15-16,18H,2-3,13-14,17H2,1H3,(H,27,28,29). The lowest BCUT2D eigenvalue weighted by Crippen LogP contribution is -2.14. The lowest BCUT2D eigenvalue weighted by molar-refractivity contribution is 0.102. The lowest BCUT2D eigenvalue weighted by Gasteiger charge is -2.09. The van der Waals surface area contributed by atoms with Gasteiger partial charge in [-0.15, -0.1) is 0 Å². The molecule has 0 saturated heterocycles. The van der Waals surface area contributed by atoms with Gasteiger partial charge in [-0.05, 0) is 54.7 Å². The Bertz CT molecular complexity index is 1150. The molecule has 0 unspecified atom stereocenters. The molecule has 4 nitrogen and oxygen atoms in total. The number of aromatic nitrogens is 1. The summed E-state index contributed by atoms with van der Waals surface area (Å²) < 4.78 is 6.79. The molecule has 3 aromatic carbocycles. The van der Waals surface area contributed by atoms with Gasteiger partial charge in [0.05, 0.1) is 16.8 Å². The second-order valence-corrected chi connectivity index (χ2v) is 8.48. The number of unbranched alkanes of at least 4 members (excludes halogenated alkanes) is 1. The van der Waals surface area contributed by atoms with Gasteiger partial charge >= 0.3 is 0 Å². The molecule has 0 bridgehead atoms. The fraction of sp³-hybridized carbons (Fsp3) is 0.231. The largest absolute Gasteiger partial charge is 0.494 e. The van der Waals surface area contributed by atoms with Crippen molar-refractivity contribution in [3.8, 4) is 5.75 Å². The first-order valence-electron chi connectivity index (χ1n) is 10.7. The van der Waals surface area contributed by atoms with Crippen molar-refractivity contribution in [1.82, 2.24) is 4.98 Å². The van der Waals surface area contributed by atoms with E-state index in [1.165, 1.54) is 16.9 Å². The van der Waals surface area contributed by atoms with E-state index in [-0.39, 0.29) is 5.91 Å². The number of carbonyl (C=O) groups is 1. The fourth-order valence-electron chi connectivity index (χ4n) is 3.43. The number of rotatable bonds is 9. The number of ether oxygens (including phenoxy) is 1. The van der Waals surface area contributed by atoms with Crippen molar-refractivity contribution in [3.63, 3.8) is 0 Å². The molecule has 0 aliphatic carbocycles. The van der Waals surface area contributed by atoms with Crippen LogP contribution >= 0.6 is 11.3 Å². The van der Waals surface area contributed by atoms with Gasteiger partial charge in [0.2, 0.25) is 0 Å². The van der Waals surface area contributed by atoms with Crippen molar-refractivity contribution in [1.29, 1.82) is 0 Å². The zero-order valence-electron chi connectivity index (χ0n) is 17.6. The van der Waals surface area contributed by atoms with E-state index in [1.807, 2.05) is 60.7 Å². The molecule has 4 aromatic rings. The van der Waals surface area contributed by atoms with Gasteiger partial charge in [0.1, 0.15) is 5.75 Å². The molecule has 0 spiro atoms. The molecule has 31 heavy (non-hydrogen) atoms. The Morgan fingerprint density at radius 1 is 1.00 bits per heavy atom. The van der Waals surface area contributed by atoms with E-state index in [4.69, 9.17) is 4.74 Å². The minimum Gasteiger partial charge on any atom is -0.494 e. The number of thiazole rings is 1. The summed E-state index contributed by atoms with van der Waals surface area (Å²) >= 11 is 1.47. The summed E-state index contributed by atoms with van der Waals surface area (Å²) in [6.07, 6.45) is 3.84. The van der Waals surface area contributed by atoms with E-state index in [9.17, 15) is 4.79 Å². The van der Waals surface area contributed by atoms with Crippen LogP contribution in [0.5, 0.6) is 5.75 Å². The third-order valence-corrected chi connectivity index (χ3v) is 6.07. The van der Waals surface area contributed by atoms with E-state index >= 15 is 0 Å². The third-order valence-electron chi connectivity index (χ3n) is 5.13. The number of amides is 1. The summed E-state index contributed by atoms with van der Waals surface area (Å²) in [5.74, 6) is 0.718. The molecule has 1 aromatic heterocycles. The van der Waals surface area contributed by atoms with Gasteiger partial charge in [0, 0.05) is 5.56 Å². The first-order chi connectivity index (χ1) is 15.2. The van der Waals surface area contributed by atoms with E-state index in [2.05, 4.69) is 29.4 Å². The minimum absolute atomic E-state index is 0.123. The van der Waals surface area contributed by atoms with Crippen LogP contribution in [0.2, 0.25) is 0 Å². The molecular formula is C26H26N2O2S. The van der Waals surface area contributed by atoms with E-state index in [0.717, 1.165) is 47.2 Å². The van der Waals surface area contributed by atoms with Crippen molar-refractivity contribution < 1.29 is 9.53 Å². The summed E-state index contributed by atoms with van der Waals surface area (Å²) in [4.78, 5) is 17.6. The number of aryl methyl sites for hydroxylation is 2. The normalized spacial score (nSPS) is 10.9. The highest BCUT2D eigenvalue weighted by Gasteiger charge is 2.14. The Morgan fingerprint density at radius 2 is 1.81 bits per heavy atom. The van der Waals surface area contributed by atoms with Crippen LogP contribution in [0.25, 0.3) is 10.2 Å². The topological polar surface area (TPSA) is 51.2 Å². The van der Waals surface area contributed by atoms with Gasteiger partial charge in [0.25, 0.3) is 5.91 Å². The van der Waals surface area contributed by atoms with Crippen LogP contribution in [-0.4, -0.2) is 17.5 Å². The van der Waals surface area contributed by atoms with Crippen molar-refractivity contribution >= 4 is 32.6 Å². The first-order valence-corrected chi connectivity index (χ1v) is 11.5. The van der Waals surface area contributed by atoms with Crippen LogP contribution < -0.4 is 10.1 Å². The Balaban J connectivity index is 1.46. The van der Waals surface area contributed by atoms with Gasteiger partial charge in [0.15, 0.2) is 5.13 Å². The number of fused-ring (bicyclic) bond motifs is 1. The highest BCUT2D eigenvalue weighted by Crippen LogP contribution is 2.30. The summed E-state index contributed by atoms with van der Waals surface area (Å²) in [6, 6.07) is 24.0. The van der Waals surface area contributed by atoms with Gasteiger partial charge < -0.3 is 4.74 Å². The Hall–Kier alpha value is -3.18. The van der Waals surface area contributed by atoms with Crippen molar-refractivity contribution in [2.75, 3.05) is 11.9 Å². The van der Waals surface area contributed by atoms with E-state index in [0.29, 0.717) is 17.3 Å². The summed E-state index contributed by atoms with van der Waals surface area (Å²) in [5, 5.41) is 3.59.